The van der Waals surface area contributed by atoms with Crippen molar-refractivity contribution in [1.82, 2.24) is 5.32 Å². The molecule has 0 heterocycles. The first kappa shape index (κ1) is 18.0. The van der Waals surface area contributed by atoms with E-state index in [0.717, 1.165) is 16.3 Å². The molecule has 0 radical (unpaired) electrons. The lowest BCUT2D eigenvalue weighted by Crippen LogP contribution is -2.43. The third kappa shape index (κ3) is 4.03. The Morgan fingerprint density at radius 3 is 2.31 bits per heavy atom. The normalized spacial score (nSPS) is 13.4. The number of aliphatic hydroxyl groups is 1. The van der Waals surface area contributed by atoms with Gasteiger partial charge in [0.05, 0.1) is 0 Å². The third-order valence-electron chi connectivity index (χ3n) is 4.12. The summed E-state index contributed by atoms with van der Waals surface area (Å²) in [6.45, 7) is 3.71. The zero-order valence-electron chi connectivity index (χ0n) is 14.9. The number of amides is 1. The van der Waals surface area contributed by atoms with E-state index in [1.807, 2.05) is 86.6 Å². The quantitative estimate of drug-likeness (QED) is 0.711. The van der Waals surface area contributed by atoms with Gasteiger partial charge in [0.2, 0.25) is 0 Å². The molecule has 0 aliphatic carbocycles. The molecule has 3 aromatic carbocycles. The standard InChI is InChI=1S/C22H23NO3/c1-15(2)23-22(25)20(24)21(17-10-4-3-5-11-17)26-19-14-8-12-16-9-6-7-13-18(16)19/h3-15,20-21,24H,1-2H3,(H,23,25). The average Bonchev–Trinajstić information content (AvgIpc) is 2.66. The van der Waals surface area contributed by atoms with Crippen LogP contribution in [0.3, 0.4) is 0 Å². The Balaban J connectivity index is 1.97. The molecular weight excluding hydrogens is 326 g/mol. The fraction of sp³-hybridized carbons (Fsp3) is 0.227. The van der Waals surface area contributed by atoms with Crippen molar-refractivity contribution in [2.24, 2.45) is 0 Å². The number of nitrogens with one attached hydrogen (secondary N) is 1. The van der Waals surface area contributed by atoms with Gasteiger partial charge in [-0.05, 0) is 30.9 Å². The van der Waals surface area contributed by atoms with E-state index in [4.69, 9.17) is 4.74 Å². The molecule has 0 aliphatic heterocycles. The van der Waals surface area contributed by atoms with Crippen LogP contribution in [0.2, 0.25) is 0 Å². The minimum absolute atomic E-state index is 0.0638. The van der Waals surface area contributed by atoms with Gasteiger partial charge in [-0.2, -0.15) is 0 Å². The molecule has 2 N–H and O–H groups in total. The summed E-state index contributed by atoms with van der Waals surface area (Å²) in [7, 11) is 0. The van der Waals surface area contributed by atoms with Crippen LogP contribution in [0, 0.1) is 0 Å². The lowest BCUT2D eigenvalue weighted by atomic mass is 10.0. The van der Waals surface area contributed by atoms with Crippen molar-refractivity contribution in [1.29, 1.82) is 0 Å². The number of carbonyl (C=O) groups is 1. The number of fused-ring (bicyclic) bond motifs is 1. The zero-order chi connectivity index (χ0) is 18.5. The lowest BCUT2D eigenvalue weighted by Gasteiger charge is -2.25. The van der Waals surface area contributed by atoms with Crippen molar-refractivity contribution in [3.63, 3.8) is 0 Å². The second-order valence-corrected chi connectivity index (χ2v) is 6.53. The lowest BCUT2D eigenvalue weighted by molar-refractivity contribution is -0.134. The first-order chi connectivity index (χ1) is 12.6. The highest BCUT2D eigenvalue weighted by atomic mass is 16.5. The number of carbonyl (C=O) groups excluding carboxylic acids is 1. The molecule has 0 saturated carbocycles. The first-order valence-corrected chi connectivity index (χ1v) is 8.74. The van der Waals surface area contributed by atoms with Crippen LogP contribution in [0.15, 0.2) is 72.8 Å². The van der Waals surface area contributed by atoms with E-state index < -0.39 is 18.1 Å². The van der Waals surface area contributed by atoms with Gasteiger partial charge in [-0.3, -0.25) is 4.79 Å². The molecule has 134 valence electrons. The monoisotopic (exact) mass is 349 g/mol. The van der Waals surface area contributed by atoms with E-state index >= 15 is 0 Å². The van der Waals surface area contributed by atoms with Gasteiger partial charge >= 0.3 is 0 Å². The second-order valence-electron chi connectivity index (χ2n) is 6.53. The molecule has 0 aromatic heterocycles. The molecule has 4 heteroatoms. The van der Waals surface area contributed by atoms with E-state index in [9.17, 15) is 9.90 Å². The Morgan fingerprint density at radius 1 is 0.923 bits per heavy atom. The van der Waals surface area contributed by atoms with Gasteiger partial charge in [0, 0.05) is 11.4 Å². The van der Waals surface area contributed by atoms with Gasteiger partial charge in [0.15, 0.2) is 12.2 Å². The summed E-state index contributed by atoms with van der Waals surface area (Å²) in [6, 6.07) is 22.9. The van der Waals surface area contributed by atoms with Crippen molar-refractivity contribution in [2.75, 3.05) is 0 Å². The highest BCUT2D eigenvalue weighted by Gasteiger charge is 2.30. The Hall–Kier alpha value is -2.85. The van der Waals surface area contributed by atoms with Crippen LogP contribution in [0.4, 0.5) is 0 Å². The van der Waals surface area contributed by atoms with E-state index in [1.165, 1.54) is 0 Å². The number of hydrogen-bond donors (Lipinski definition) is 2. The predicted molar refractivity (Wildman–Crippen MR) is 103 cm³/mol. The van der Waals surface area contributed by atoms with Crippen LogP contribution in [-0.4, -0.2) is 23.2 Å². The molecule has 3 rings (SSSR count). The Labute approximate surface area is 153 Å². The topological polar surface area (TPSA) is 58.6 Å². The molecular formula is C22H23NO3. The van der Waals surface area contributed by atoms with Crippen LogP contribution >= 0.6 is 0 Å². The minimum atomic E-state index is -1.32. The highest BCUT2D eigenvalue weighted by molar-refractivity contribution is 5.88. The number of rotatable bonds is 6. The number of benzene rings is 3. The SMILES string of the molecule is CC(C)NC(=O)C(O)C(Oc1cccc2ccccc12)c1ccccc1. The fourth-order valence-corrected chi connectivity index (χ4v) is 2.90. The maximum absolute atomic E-state index is 12.4. The van der Waals surface area contributed by atoms with Crippen molar-refractivity contribution in [3.05, 3.63) is 78.4 Å². The van der Waals surface area contributed by atoms with Crippen molar-refractivity contribution >= 4 is 16.7 Å². The van der Waals surface area contributed by atoms with Crippen LogP contribution in [-0.2, 0) is 4.79 Å². The van der Waals surface area contributed by atoms with Crippen LogP contribution in [0.5, 0.6) is 5.75 Å². The molecule has 2 atom stereocenters. The number of hydrogen-bond acceptors (Lipinski definition) is 3. The van der Waals surface area contributed by atoms with Crippen molar-refractivity contribution < 1.29 is 14.6 Å². The summed E-state index contributed by atoms with van der Waals surface area (Å²) in [5, 5.41) is 15.4. The summed E-state index contributed by atoms with van der Waals surface area (Å²) < 4.78 is 6.17. The molecule has 0 bridgehead atoms. The first-order valence-electron chi connectivity index (χ1n) is 8.74. The maximum atomic E-state index is 12.4. The maximum Gasteiger partial charge on any atom is 0.253 e. The minimum Gasteiger partial charge on any atom is -0.482 e. The Bertz CT molecular complexity index is 871. The second kappa shape index (κ2) is 8.02. The summed E-state index contributed by atoms with van der Waals surface area (Å²) in [5.41, 5.74) is 0.742. The number of ether oxygens (including phenoxy) is 1. The smallest absolute Gasteiger partial charge is 0.253 e. The van der Waals surface area contributed by atoms with E-state index in [-0.39, 0.29) is 6.04 Å². The largest absolute Gasteiger partial charge is 0.482 e. The van der Waals surface area contributed by atoms with E-state index in [1.54, 1.807) is 0 Å². The van der Waals surface area contributed by atoms with Gasteiger partial charge in [0.1, 0.15) is 5.75 Å². The van der Waals surface area contributed by atoms with Crippen LogP contribution in [0.1, 0.15) is 25.5 Å². The zero-order valence-corrected chi connectivity index (χ0v) is 14.9. The van der Waals surface area contributed by atoms with Crippen LogP contribution in [0.25, 0.3) is 10.8 Å². The van der Waals surface area contributed by atoms with Gasteiger partial charge in [0.25, 0.3) is 5.91 Å². The molecule has 0 saturated heterocycles. The summed E-state index contributed by atoms with van der Waals surface area (Å²) >= 11 is 0. The molecule has 0 fully saturated rings. The average molecular weight is 349 g/mol. The number of aliphatic hydroxyl groups excluding tert-OH is 1. The molecule has 3 aromatic rings. The van der Waals surface area contributed by atoms with Gasteiger partial charge in [-0.15, -0.1) is 0 Å². The molecule has 0 aliphatic rings. The fourth-order valence-electron chi connectivity index (χ4n) is 2.90. The molecule has 26 heavy (non-hydrogen) atoms. The molecule has 4 nitrogen and oxygen atoms in total. The molecule has 1 amide bonds. The summed E-state index contributed by atoms with van der Waals surface area (Å²) in [6.07, 6.45) is -2.13. The van der Waals surface area contributed by atoms with Crippen molar-refractivity contribution in [2.45, 2.75) is 32.1 Å². The highest BCUT2D eigenvalue weighted by Crippen LogP contribution is 2.31. The molecule has 0 spiro atoms. The summed E-state index contributed by atoms with van der Waals surface area (Å²) in [5.74, 6) is 0.183. The van der Waals surface area contributed by atoms with Gasteiger partial charge in [-0.1, -0.05) is 66.7 Å². The molecule has 2 unspecified atom stereocenters. The van der Waals surface area contributed by atoms with Crippen molar-refractivity contribution in [3.8, 4) is 5.75 Å². The predicted octanol–water partition coefficient (Wildman–Crippen LogP) is 3.85. The van der Waals surface area contributed by atoms with E-state index in [2.05, 4.69) is 5.32 Å². The Morgan fingerprint density at radius 2 is 1.58 bits per heavy atom. The van der Waals surface area contributed by atoms with Gasteiger partial charge < -0.3 is 15.2 Å². The van der Waals surface area contributed by atoms with Gasteiger partial charge in [-0.25, -0.2) is 0 Å². The summed E-state index contributed by atoms with van der Waals surface area (Å²) in [4.78, 5) is 12.4. The Kier molecular flexibility index (Phi) is 5.54. The van der Waals surface area contributed by atoms with E-state index in [0.29, 0.717) is 5.75 Å². The van der Waals surface area contributed by atoms with Crippen LogP contribution < -0.4 is 10.1 Å². The third-order valence-corrected chi connectivity index (χ3v) is 4.12.